The van der Waals surface area contributed by atoms with Crippen LogP contribution in [0.5, 0.6) is 0 Å². The van der Waals surface area contributed by atoms with Gasteiger partial charge in [-0.3, -0.25) is 0 Å². The van der Waals surface area contributed by atoms with Gasteiger partial charge in [0.25, 0.3) is 0 Å². The molecule has 0 aliphatic rings. The van der Waals surface area contributed by atoms with Crippen molar-refractivity contribution in [2.75, 3.05) is 6.54 Å². The van der Waals surface area contributed by atoms with Crippen LogP contribution in [-0.4, -0.2) is 17.8 Å². The summed E-state index contributed by atoms with van der Waals surface area (Å²) in [4.78, 5) is 0. The monoisotopic (exact) mass is 237 g/mol. The summed E-state index contributed by atoms with van der Waals surface area (Å²) >= 11 is 0. The number of benzene rings is 1. The SMILES string of the molecule is Cc1cc(F)cc(C(O)(CN)C(F)(F)F)c1. The highest BCUT2D eigenvalue weighted by Gasteiger charge is 2.54. The Balaban J connectivity index is 3.34. The Labute approximate surface area is 89.7 Å². The summed E-state index contributed by atoms with van der Waals surface area (Å²) in [6.07, 6.45) is -4.94. The Bertz CT molecular complexity index is 371. The molecule has 0 aliphatic heterocycles. The van der Waals surface area contributed by atoms with Gasteiger partial charge in [0.05, 0.1) is 0 Å². The Morgan fingerprint density at radius 2 is 1.81 bits per heavy atom. The quantitative estimate of drug-likeness (QED) is 0.771. The second kappa shape index (κ2) is 4.03. The van der Waals surface area contributed by atoms with Crippen LogP contribution < -0.4 is 5.73 Å². The molecule has 0 aromatic heterocycles. The maximum absolute atomic E-state index is 13.0. The van der Waals surface area contributed by atoms with Crippen molar-refractivity contribution in [3.05, 3.63) is 35.1 Å². The first kappa shape index (κ1) is 12.9. The molecule has 1 unspecified atom stereocenters. The van der Waals surface area contributed by atoms with Crippen molar-refractivity contribution in [2.24, 2.45) is 5.73 Å². The Hall–Kier alpha value is -1.14. The van der Waals surface area contributed by atoms with Gasteiger partial charge in [0, 0.05) is 6.54 Å². The number of hydrogen-bond donors (Lipinski definition) is 2. The van der Waals surface area contributed by atoms with Crippen molar-refractivity contribution in [3.63, 3.8) is 0 Å². The zero-order valence-electron chi connectivity index (χ0n) is 8.48. The van der Waals surface area contributed by atoms with Crippen LogP contribution in [0.2, 0.25) is 0 Å². The van der Waals surface area contributed by atoms with Crippen LogP contribution in [0.25, 0.3) is 0 Å². The Morgan fingerprint density at radius 3 is 2.19 bits per heavy atom. The van der Waals surface area contributed by atoms with E-state index < -0.39 is 29.7 Å². The van der Waals surface area contributed by atoms with E-state index in [1.165, 1.54) is 6.92 Å². The van der Waals surface area contributed by atoms with E-state index in [0.717, 1.165) is 12.1 Å². The van der Waals surface area contributed by atoms with Gasteiger partial charge in [0.15, 0.2) is 5.60 Å². The third-order valence-electron chi connectivity index (χ3n) is 2.28. The van der Waals surface area contributed by atoms with Gasteiger partial charge in [0.2, 0.25) is 0 Å². The number of nitrogens with two attached hydrogens (primary N) is 1. The zero-order valence-corrected chi connectivity index (χ0v) is 8.48. The molecular weight excluding hydrogens is 226 g/mol. The van der Waals surface area contributed by atoms with Crippen molar-refractivity contribution < 1.29 is 22.7 Å². The maximum atomic E-state index is 13.0. The lowest BCUT2D eigenvalue weighted by atomic mass is 9.92. The fraction of sp³-hybridized carbons (Fsp3) is 0.400. The molecule has 1 rings (SSSR count). The minimum atomic E-state index is -4.94. The number of rotatable bonds is 2. The maximum Gasteiger partial charge on any atom is 0.422 e. The highest BCUT2D eigenvalue weighted by atomic mass is 19.4. The second-order valence-corrected chi connectivity index (χ2v) is 3.58. The van der Waals surface area contributed by atoms with Crippen LogP contribution in [-0.2, 0) is 5.60 Å². The first-order valence-electron chi connectivity index (χ1n) is 4.47. The van der Waals surface area contributed by atoms with Gasteiger partial charge in [-0.15, -0.1) is 0 Å². The number of alkyl halides is 3. The smallest absolute Gasteiger partial charge is 0.375 e. The molecule has 0 aliphatic carbocycles. The summed E-state index contributed by atoms with van der Waals surface area (Å²) in [5.74, 6) is -0.842. The number of halogens is 4. The standard InChI is InChI=1S/C10H11F4NO/c1-6-2-7(4-8(11)3-6)9(16,5-15)10(12,13)14/h2-4,16H,5,15H2,1H3. The summed E-state index contributed by atoms with van der Waals surface area (Å²) in [5.41, 5.74) is 1.42. The molecule has 0 saturated carbocycles. The lowest BCUT2D eigenvalue weighted by Gasteiger charge is -2.29. The lowest BCUT2D eigenvalue weighted by molar-refractivity contribution is -0.262. The molecule has 3 N–H and O–H groups in total. The second-order valence-electron chi connectivity index (χ2n) is 3.58. The molecule has 1 aromatic carbocycles. The van der Waals surface area contributed by atoms with Gasteiger partial charge in [0.1, 0.15) is 5.82 Å². The number of hydrogen-bond acceptors (Lipinski definition) is 2. The molecule has 0 saturated heterocycles. The van der Waals surface area contributed by atoms with E-state index in [0.29, 0.717) is 6.07 Å². The number of aliphatic hydroxyl groups is 1. The van der Waals surface area contributed by atoms with Gasteiger partial charge < -0.3 is 10.8 Å². The van der Waals surface area contributed by atoms with E-state index in [1.807, 2.05) is 0 Å². The van der Waals surface area contributed by atoms with E-state index in [-0.39, 0.29) is 5.56 Å². The fourth-order valence-electron chi connectivity index (χ4n) is 1.37. The minimum absolute atomic E-state index is 0.283. The van der Waals surface area contributed by atoms with Gasteiger partial charge in [-0.05, 0) is 30.2 Å². The first-order chi connectivity index (χ1) is 7.20. The van der Waals surface area contributed by atoms with Crippen molar-refractivity contribution in [1.29, 1.82) is 0 Å². The molecule has 0 spiro atoms. The predicted octanol–water partition coefficient (Wildman–Crippen LogP) is 1.84. The van der Waals surface area contributed by atoms with Crippen LogP contribution >= 0.6 is 0 Å². The fourth-order valence-corrected chi connectivity index (χ4v) is 1.37. The summed E-state index contributed by atoms with van der Waals surface area (Å²) in [6, 6.07) is 2.76. The first-order valence-corrected chi connectivity index (χ1v) is 4.47. The third-order valence-corrected chi connectivity index (χ3v) is 2.28. The molecule has 0 amide bonds. The van der Waals surface area contributed by atoms with Crippen LogP contribution in [0.1, 0.15) is 11.1 Å². The molecule has 2 nitrogen and oxygen atoms in total. The summed E-state index contributed by atoms with van der Waals surface area (Å²) in [6.45, 7) is 0.374. The van der Waals surface area contributed by atoms with Crippen LogP contribution in [0.3, 0.4) is 0 Å². The topological polar surface area (TPSA) is 46.2 Å². The lowest BCUT2D eigenvalue weighted by Crippen LogP contribution is -2.48. The highest BCUT2D eigenvalue weighted by Crippen LogP contribution is 2.38. The van der Waals surface area contributed by atoms with Crippen molar-refractivity contribution in [3.8, 4) is 0 Å². The molecule has 0 heterocycles. The van der Waals surface area contributed by atoms with E-state index in [4.69, 9.17) is 5.73 Å². The molecule has 16 heavy (non-hydrogen) atoms. The predicted molar refractivity (Wildman–Crippen MR) is 50.1 cm³/mol. The van der Waals surface area contributed by atoms with Crippen LogP contribution in [0.15, 0.2) is 18.2 Å². The summed E-state index contributed by atoms with van der Waals surface area (Å²) < 4.78 is 50.8. The average molecular weight is 237 g/mol. The molecule has 0 bridgehead atoms. The van der Waals surface area contributed by atoms with Crippen molar-refractivity contribution in [2.45, 2.75) is 18.7 Å². The Morgan fingerprint density at radius 1 is 1.25 bits per heavy atom. The molecule has 0 fully saturated rings. The van der Waals surface area contributed by atoms with Gasteiger partial charge in [-0.1, -0.05) is 6.07 Å². The van der Waals surface area contributed by atoms with E-state index >= 15 is 0 Å². The van der Waals surface area contributed by atoms with Gasteiger partial charge in [-0.25, -0.2) is 4.39 Å². The Kier molecular flexibility index (Phi) is 3.25. The molecule has 1 atom stereocenters. The van der Waals surface area contributed by atoms with Crippen molar-refractivity contribution >= 4 is 0 Å². The summed E-state index contributed by atoms with van der Waals surface area (Å²) in [7, 11) is 0. The van der Waals surface area contributed by atoms with Crippen LogP contribution in [0.4, 0.5) is 17.6 Å². The minimum Gasteiger partial charge on any atom is -0.375 e. The van der Waals surface area contributed by atoms with E-state index in [2.05, 4.69) is 0 Å². The normalized spacial score (nSPS) is 15.9. The van der Waals surface area contributed by atoms with Gasteiger partial charge in [-0.2, -0.15) is 13.2 Å². The molecule has 6 heteroatoms. The largest absolute Gasteiger partial charge is 0.422 e. The molecule has 1 aromatic rings. The van der Waals surface area contributed by atoms with Crippen molar-refractivity contribution in [1.82, 2.24) is 0 Å². The molecule has 0 radical (unpaired) electrons. The third kappa shape index (κ3) is 2.17. The zero-order chi connectivity index (χ0) is 12.6. The highest BCUT2D eigenvalue weighted by molar-refractivity contribution is 5.30. The number of aryl methyl sites for hydroxylation is 1. The van der Waals surface area contributed by atoms with Gasteiger partial charge >= 0.3 is 6.18 Å². The van der Waals surface area contributed by atoms with Crippen LogP contribution in [0, 0.1) is 12.7 Å². The molecular formula is C10H11F4NO. The van der Waals surface area contributed by atoms with E-state index in [1.54, 1.807) is 0 Å². The van der Waals surface area contributed by atoms with E-state index in [9.17, 15) is 22.7 Å². The average Bonchev–Trinajstić information content (AvgIpc) is 2.13. The summed E-state index contributed by atoms with van der Waals surface area (Å²) in [5, 5.41) is 9.46. The molecule has 90 valence electrons.